The summed E-state index contributed by atoms with van der Waals surface area (Å²) >= 11 is 6.40. The number of nitriles is 1. The third kappa shape index (κ3) is 7.73. The summed E-state index contributed by atoms with van der Waals surface area (Å²) < 4.78 is 46.4. The van der Waals surface area contributed by atoms with Crippen LogP contribution in [0.15, 0.2) is 48.6 Å². The minimum atomic E-state index is -3.97. The van der Waals surface area contributed by atoms with Crippen molar-refractivity contribution in [2.24, 2.45) is 17.8 Å². The SMILES string of the molecule is CO[C@@]1(C=O)/C=C/C[C@H](C)[C@@H](C)S(=O)(=O)NC(=O)c2ccc3c(c2)N(C[C@@H]2CC[C@H]21)C[C@@]1(CCCc2cc(Cl)ccc21)CO3.N#CC1(N2CCNCC2)COC1. The Morgan fingerprint density at radius 3 is 2.54 bits per heavy atom. The summed E-state index contributed by atoms with van der Waals surface area (Å²) in [7, 11) is -2.41. The van der Waals surface area contributed by atoms with Gasteiger partial charge in [0.2, 0.25) is 10.0 Å². The molecule has 2 N–H and O–H groups in total. The molecule has 0 aromatic heterocycles. The number of ether oxygens (including phenoxy) is 3. The molecule has 56 heavy (non-hydrogen) atoms. The second-order valence-corrected chi connectivity index (χ2v) is 19.1. The Hall–Kier alpha value is -3.51. The van der Waals surface area contributed by atoms with E-state index in [-0.39, 0.29) is 34.3 Å². The fourth-order valence-electron chi connectivity index (χ4n) is 9.39. The van der Waals surface area contributed by atoms with E-state index < -0.39 is 26.8 Å². The van der Waals surface area contributed by atoms with Crippen LogP contribution in [-0.4, -0.2) is 108 Å². The minimum Gasteiger partial charge on any atom is -0.490 e. The molecule has 2 aromatic carbocycles. The Bertz CT molecular complexity index is 1980. The lowest BCUT2D eigenvalue weighted by Crippen LogP contribution is -2.65. The van der Waals surface area contributed by atoms with Crippen molar-refractivity contribution in [1.29, 1.82) is 5.26 Å². The standard InChI is InChI=1S/C34H41ClN2O6S.C8H13N3O/c1-22-6-4-15-34(20-38,42-3)29-11-8-26(29)18-37-19-33(14-5-7-24-16-27(35)10-12-28(24)33)21-43-31-13-9-25(17-30(31)37)32(39)36-44(40,41)23(22)2;9-5-8(6-12-7-8)11-3-1-10-2-4-11/h4,9-10,12-13,15-17,20,22-23,26,29H,5-8,11,14,18-19,21H2,1-3H3,(H,36,39);10H,1-4,6-7H2/b15-4+;/t22-,23+,26-,29+,33-,34+;/m0./s1. The molecular formula is C42H54ClN5O7S. The van der Waals surface area contributed by atoms with Crippen molar-refractivity contribution in [1.82, 2.24) is 14.9 Å². The van der Waals surface area contributed by atoms with Gasteiger partial charge in [-0.05, 0) is 105 Å². The number of anilines is 1. The fourth-order valence-corrected chi connectivity index (χ4v) is 10.9. The number of rotatable bonds is 3. The number of hydrogen-bond acceptors (Lipinski definition) is 11. The highest BCUT2D eigenvalue weighted by molar-refractivity contribution is 7.90. The van der Waals surface area contributed by atoms with Crippen LogP contribution in [0, 0.1) is 29.1 Å². The summed E-state index contributed by atoms with van der Waals surface area (Å²) in [6, 6.07) is 13.6. The van der Waals surface area contributed by atoms with Gasteiger partial charge in [0.15, 0.2) is 11.8 Å². The quantitative estimate of drug-likeness (QED) is 0.330. The molecule has 1 spiro atoms. The predicted octanol–water partition coefficient (Wildman–Crippen LogP) is 4.65. The van der Waals surface area contributed by atoms with Gasteiger partial charge in [-0.2, -0.15) is 5.26 Å². The zero-order valence-electron chi connectivity index (χ0n) is 32.6. The summed E-state index contributed by atoms with van der Waals surface area (Å²) in [6.07, 6.45) is 9.65. The van der Waals surface area contributed by atoms with E-state index in [1.807, 2.05) is 25.1 Å². The summed E-state index contributed by atoms with van der Waals surface area (Å²) in [5, 5.41) is 12.1. The second kappa shape index (κ2) is 16.4. The van der Waals surface area contributed by atoms with E-state index >= 15 is 0 Å². The number of hydrogen-bond donors (Lipinski definition) is 2. The van der Waals surface area contributed by atoms with Gasteiger partial charge < -0.3 is 24.4 Å². The van der Waals surface area contributed by atoms with Crippen LogP contribution in [0.5, 0.6) is 5.75 Å². The van der Waals surface area contributed by atoms with Crippen molar-refractivity contribution >= 4 is 39.5 Å². The van der Waals surface area contributed by atoms with Crippen LogP contribution in [0.25, 0.3) is 0 Å². The van der Waals surface area contributed by atoms with E-state index in [4.69, 9.17) is 31.1 Å². The Morgan fingerprint density at radius 1 is 1.09 bits per heavy atom. The number of halogens is 1. The highest BCUT2D eigenvalue weighted by Gasteiger charge is 2.49. The third-order valence-corrected chi connectivity index (χ3v) is 15.5. The second-order valence-electron chi connectivity index (χ2n) is 16.6. The number of piperazine rings is 1. The van der Waals surface area contributed by atoms with Gasteiger partial charge in [-0.3, -0.25) is 14.5 Å². The number of methoxy groups -OCH3 is 1. The molecule has 8 rings (SSSR count). The first-order chi connectivity index (χ1) is 26.9. The van der Waals surface area contributed by atoms with Crippen LogP contribution in [0.2, 0.25) is 5.02 Å². The van der Waals surface area contributed by atoms with Gasteiger partial charge in [0.1, 0.15) is 11.4 Å². The molecule has 2 aliphatic carbocycles. The van der Waals surface area contributed by atoms with Gasteiger partial charge in [0.25, 0.3) is 5.91 Å². The van der Waals surface area contributed by atoms with E-state index in [9.17, 15) is 18.0 Å². The molecule has 2 aromatic rings. The number of carbonyl (C=O) groups excluding carboxylic acids is 2. The highest BCUT2D eigenvalue weighted by atomic mass is 35.5. The first-order valence-corrected chi connectivity index (χ1v) is 21.8. The maximum Gasteiger partial charge on any atom is 0.264 e. The first kappa shape index (κ1) is 40.7. The number of nitrogens with one attached hydrogen (secondary N) is 2. The number of benzene rings is 2. The number of allylic oxidation sites excluding steroid dienone is 1. The molecule has 6 atom stereocenters. The smallest absolute Gasteiger partial charge is 0.264 e. The number of fused-ring (bicyclic) bond motifs is 4. The first-order valence-electron chi connectivity index (χ1n) is 19.9. The van der Waals surface area contributed by atoms with Gasteiger partial charge in [0, 0.05) is 68.3 Å². The van der Waals surface area contributed by atoms with E-state index in [2.05, 4.69) is 38.0 Å². The average Bonchev–Trinajstić information content (AvgIpc) is 3.32. The summed E-state index contributed by atoms with van der Waals surface area (Å²) in [5.41, 5.74) is 1.76. The molecule has 3 fully saturated rings. The molecule has 12 nitrogen and oxygen atoms in total. The minimum absolute atomic E-state index is 0.0434. The average molecular weight is 808 g/mol. The predicted molar refractivity (Wildman–Crippen MR) is 215 cm³/mol. The maximum atomic E-state index is 13.4. The summed E-state index contributed by atoms with van der Waals surface area (Å²) in [4.78, 5) is 30.6. The number of nitrogens with zero attached hydrogens (tertiary/aromatic N) is 3. The van der Waals surface area contributed by atoms with Gasteiger partial charge in [-0.25, -0.2) is 13.1 Å². The van der Waals surface area contributed by atoms with Crippen LogP contribution in [0.4, 0.5) is 5.69 Å². The number of sulfonamides is 1. The Balaban J connectivity index is 0.000000339. The van der Waals surface area contributed by atoms with E-state index in [0.29, 0.717) is 50.1 Å². The molecule has 4 aliphatic heterocycles. The number of carbonyl (C=O) groups is 2. The summed E-state index contributed by atoms with van der Waals surface area (Å²) in [5.74, 6) is -0.203. The van der Waals surface area contributed by atoms with Crippen LogP contribution in [0.3, 0.4) is 0 Å². The van der Waals surface area contributed by atoms with E-state index in [0.717, 1.165) is 70.3 Å². The van der Waals surface area contributed by atoms with Crippen molar-refractivity contribution in [3.05, 3.63) is 70.3 Å². The lowest BCUT2D eigenvalue weighted by Gasteiger charge is -2.48. The lowest BCUT2D eigenvalue weighted by molar-refractivity contribution is -0.135. The molecule has 6 aliphatic rings. The molecular weight excluding hydrogens is 754 g/mol. The molecule has 4 heterocycles. The summed E-state index contributed by atoms with van der Waals surface area (Å²) in [6.45, 7) is 10.3. The number of amides is 1. The molecule has 2 bridgehead atoms. The van der Waals surface area contributed by atoms with Crippen molar-refractivity contribution in [2.45, 2.75) is 74.2 Å². The third-order valence-electron chi connectivity index (χ3n) is 13.3. The molecule has 0 unspecified atom stereocenters. The van der Waals surface area contributed by atoms with Crippen molar-refractivity contribution < 1.29 is 32.2 Å². The van der Waals surface area contributed by atoms with Gasteiger partial charge >= 0.3 is 0 Å². The molecule has 14 heteroatoms. The normalized spacial score (nSPS) is 32.8. The van der Waals surface area contributed by atoms with Crippen molar-refractivity contribution in [2.75, 3.05) is 71.1 Å². The molecule has 302 valence electrons. The van der Waals surface area contributed by atoms with Gasteiger partial charge in [-0.1, -0.05) is 30.7 Å². The fraction of sp³-hybridized carbons (Fsp3) is 0.595. The van der Waals surface area contributed by atoms with Crippen LogP contribution in [-0.2, 0) is 36.1 Å². The molecule has 2 saturated heterocycles. The van der Waals surface area contributed by atoms with Crippen molar-refractivity contribution in [3.63, 3.8) is 0 Å². The largest absolute Gasteiger partial charge is 0.490 e. The molecule has 1 amide bonds. The van der Waals surface area contributed by atoms with Crippen LogP contribution in [0.1, 0.15) is 67.4 Å². The maximum absolute atomic E-state index is 13.4. The van der Waals surface area contributed by atoms with Crippen molar-refractivity contribution in [3.8, 4) is 11.8 Å². The molecule has 0 radical (unpaired) electrons. The number of aldehydes is 1. The Kier molecular flexibility index (Phi) is 11.9. The van der Waals surface area contributed by atoms with Crippen LogP contribution < -0.4 is 19.7 Å². The zero-order valence-corrected chi connectivity index (χ0v) is 34.2. The molecule has 1 saturated carbocycles. The number of aryl methyl sites for hydroxylation is 1. The van der Waals surface area contributed by atoms with E-state index in [1.54, 1.807) is 32.2 Å². The monoisotopic (exact) mass is 807 g/mol. The zero-order chi connectivity index (χ0) is 39.7. The Labute approximate surface area is 335 Å². The van der Waals surface area contributed by atoms with E-state index in [1.165, 1.54) is 11.1 Å². The van der Waals surface area contributed by atoms with Gasteiger partial charge in [0.05, 0.1) is 36.8 Å². The van der Waals surface area contributed by atoms with Gasteiger partial charge in [-0.15, -0.1) is 0 Å². The van der Waals surface area contributed by atoms with Crippen LogP contribution >= 0.6 is 11.6 Å². The lowest BCUT2D eigenvalue weighted by atomic mass is 9.64. The Morgan fingerprint density at radius 2 is 1.88 bits per heavy atom. The topological polar surface area (TPSA) is 150 Å². The highest BCUT2D eigenvalue weighted by Crippen LogP contribution is 2.48.